The van der Waals surface area contributed by atoms with Gasteiger partial charge >= 0.3 is 6.18 Å². The monoisotopic (exact) mass is 309 g/mol. The van der Waals surface area contributed by atoms with Gasteiger partial charge in [-0.25, -0.2) is 0 Å². The van der Waals surface area contributed by atoms with E-state index in [1.54, 1.807) is 0 Å². The Morgan fingerprint density at radius 2 is 2.20 bits per heavy atom. The van der Waals surface area contributed by atoms with E-state index in [1.807, 2.05) is 0 Å². The van der Waals surface area contributed by atoms with Gasteiger partial charge in [0.15, 0.2) is 5.69 Å². The van der Waals surface area contributed by atoms with Gasteiger partial charge in [-0.1, -0.05) is 4.49 Å². The zero-order valence-electron chi connectivity index (χ0n) is 10.5. The molecule has 20 heavy (non-hydrogen) atoms. The van der Waals surface area contributed by atoms with Crippen molar-refractivity contribution in [1.29, 1.82) is 0 Å². The van der Waals surface area contributed by atoms with Crippen LogP contribution in [0.1, 0.15) is 10.5 Å². The molecule has 1 aliphatic heterocycles. The van der Waals surface area contributed by atoms with Gasteiger partial charge in [0.1, 0.15) is 6.04 Å². The highest BCUT2D eigenvalue weighted by Gasteiger charge is 2.43. The summed E-state index contributed by atoms with van der Waals surface area (Å²) in [6.07, 6.45) is -4.38. The van der Waals surface area contributed by atoms with Crippen molar-refractivity contribution in [2.24, 2.45) is 0 Å². The second-order valence-electron chi connectivity index (χ2n) is 4.34. The van der Waals surface area contributed by atoms with Gasteiger partial charge in [-0.15, -0.1) is 5.10 Å². The Hall–Kier alpha value is -1.26. The number of nitrogens with one attached hydrogen (secondary N) is 2. The zero-order valence-corrected chi connectivity index (χ0v) is 11.3. The highest BCUT2D eigenvalue weighted by Crippen LogP contribution is 2.24. The summed E-state index contributed by atoms with van der Waals surface area (Å²) in [4.78, 5) is 12.9. The van der Waals surface area contributed by atoms with E-state index in [1.165, 1.54) is 10.3 Å². The normalized spacial score (nSPS) is 18.8. The van der Waals surface area contributed by atoms with Crippen molar-refractivity contribution < 1.29 is 18.0 Å². The summed E-state index contributed by atoms with van der Waals surface area (Å²) >= 11 is 0.973. The average Bonchev–Trinajstić information content (AvgIpc) is 2.92. The number of hydrogen-bond donors (Lipinski definition) is 2. The summed E-state index contributed by atoms with van der Waals surface area (Å²) in [6.45, 7) is 1.14. The van der Waals surface area contributed by atoms with Crippen LogP contribution in [0.4, 0.5) is 13.2 Å². The number of nitrogens with zero attached hydrogens (tertiary/aromatic N) is 3. The van der Waals surface area contributed by atoms with Gasteiger partial charge in [0, 0.05) is 38.1 Å². The molecule has 1 saturated heterocycles. The van der Waals surface area contributed by atoms with Crippen molar-refractivity contribution in [3.05, 3.63) is 11.1 Å². The van der Waals surface area contributed by atoms with E-state index in [9.17, 15) is 18.0 Å². The first-order valence-corrected chi connectivity index (χ1v) is 6.89. The Morgan fingerprint density at radius 1 is 1.50 bits per heavy atom. The predicted octanol–water partition coefficient (Wildman–Crippen LogP) is 0.104. The fourth-order valence-electron chi connectivity index (χ4n) is 1.99. The summed E-state index contributed by atoms with van der Waals surface area (Å²) in [6, 6.07) is -1.68. The molecule has 0 bridgehead atoms. The van der Waals surface area contributed by atoms with E-state index in [2.05, 4.69) is 20.2 Å². The average molecular weight is 309 g/mol. The molecule has 112 valence electrons. The van der Waals surface area contributed by atoms with Crippen molar-refractivity contribution >= 4 is 17.4 Å². The number of piperazine rings is 1. The van der Waals surface area contributed by atoms with Crippen molar-refractivity contribution in [3.63, 3.8) is 0 Å². The topological polar surface area (TPSA) is 70.2 Å². The molecule has 2 rings (SSSR count). The third-order valence-electron chi connectivity index (χ3n) is 3.02. The van der Waals surface area contributed by atoms with Gasteiger partial charge in [0.05, 0.1) is 0 Å². The quantitative estimate of drug-likeness (QED) is 0.826. The Bertz CT molecular complexity index is 433. The van der Waals surface area contributed by atoms with Crippen LogP contribution >= 0.6 is 11.5 Å². The first-order chi connectivity index (χ1) is 9.48. The summed E-state index contributed by atoms with van der Waals surface area (Å²) < 4.78 is 42.7. The summed E-state index contributed by atoms with van der Waals surface area (Å²) in [5.41, 5.74) is 0.0382. The lowest BCUT2D eigenvalue weighted by molar-refractivity contribution is -0.183. The summed E-state index contributed by atoms with van der Waals surface area (Å²) in [5, 5.41) is 10.2. The predicted molar refractivity (Wildman–Crippen MR) is 66.5 cm³/mol. The van der Waals surface area contributed by atoms with Crippen molar-refractivity contribution in [2.75, 3.05) is 32.7 Å². The van der Waals surface area contributed by atoms with Gasteiger partial charge in [-0.2, -0.15) is 13.2 Å². The lowest BCUT2D eigenvalue weighted by Gasteiger charge is -2.35. The molecule has 2 N–H and O–H groups in total. The Kier molecular flexibility index (Phi) is 4.89. The molecule has 1 unspecified atom stereocenters. The van der Waals surface area contributed by atoms with Gasteiger partial charge in [-0.05, 0) is 11.5 Å². The van der Waals surface area contributed by atoms with Crippen LogP contribution in [0.2, 0.25) is 0 Å². The summed E-state index contributed by atoms with van der Waals surface area (Å²) in [5.74, 6) is -0.636. The first kappa shape index (κ1) is 15.1. The van der Waals surface area contributed by atoms with E-state index in [4.69, 9.17) is 0 Å². The van der Waals surface area contributed by atoms with Crippen molar-refractivity contribution in [2.45, 2.75) is 12.2 Å². The van der Waals surface area contributed by atoms with Gasteiger partial charge in [-0.3, -0.25) is 9.69 Å². The Balaban J connectivity index is 1.95. The fourth-order valence-corrected chi connectivity index (χ4v) is 2.43. The van der Waals surface area contributed by atoms with Crippen LogP contribution in [0.3, 0.4) is 0 Å². The van der Waals surface area contributed by atoms with Gasteiger partial charge in [0.2, 0.25) is 0 Å². The van der Waals surface area contributed by atoms with Crippen LogP contribution in [0, 0.1) is 0 Å². The van der Waals surface area contributed by atoms with E-state index in [0.717, 1.165) is 11.5 Å². The SMILES string of the molecule is O=C(NCC(N1CCNCC1)C(F)(F)F)c1csnn1. The van der Waals surface area contributed by atoms with Gasteiger partial charge < -0.3 is 10.6 Å². The second-order valence-corrected chi connectivity index (χ2v) is 4.95. The molecule has 1 aliphatic rings. The number of carbonyl (C=O) groups excluding carboxylic acids is 1. The number of carbonyl (C=O) groups is 1. The van der Waals surface area contributed by atoms with Crippen LogP contribution in [0.5, 0.6) is 0 Å². The lowest BCUT2D eigenvalue weighted by Crippen LogP contribution is -2.57. The van der Waals surface area contributed by atoms with Crippen LogP contribution < -0.4 is 10.6 Å². The van der Waals surface area contributed by atoms with Crippen LogP contribution in [-0.4, -0.2) is 65.3 Å². The van der Waals surface area contributed by atoms with E-state index in [0.29, 0.717) is 26.2 Å². The van der Waals surface area contributed by atoms with Gasteiger partial charge in [0.25, 0.3) is 5.91 Å². The maximum atomic E-state index is 13.1. The minimum atomic E-state index is -4.38. The zero-order chi connectivity index (χ0) is 14.6. The molecule has 0 saturated carbocycles. The van der Waals surface area contributed by atoms with E-state index in [-0.39, 0.29) is 5.69 Å². The summed E-state index contributed by atoms with van der Waals surface area (Å²) in [7, 11) is 0. The van der Waals surface area contributed by atoms with Crippen molar-refractivity contribution in [3.8, 4) is 0 Å². The molecule has 0 aromatic carbocycles. The molecule has 1 aromatic rings. The maximum Gasteiger partial charge on any atom is 0.405 e. The molecule has 0 aliphatic carbocycles. The Labute approximate surface area is 117 Å². The fraction of sp³-hybridized carbons (Fsp3) is 0.700. The minimum absolute atomic E-state index is 0.0382. The lowest BCUT2D eigenvalue weighted by atomic mass is 10.2. The van der Waals surface area contributed by atoms with Crippen molar-refractivity contribution in [1.82, 2.24) is 25.1 Å². The number of halogens is 3. The molecule has 1 fully saturated rings. The molecule has 0 spiro atoms. The number of hydrogen-bond acceptors (Lipinski definition) is 6. The standard InChI is InChI=1S/C10H14F3N5OS/c11-10(12,13)8(18-3-1-14-2-4-18)5-15-9(19)7-6-20-17-16-7/h6,8,14H,1-5H2,(H,15,19). The van der Waals surface area contributed by atoms with E-state index >= 15 is 0 Å². The molecule has 0 radical (unpaired) electrons. The molecule has 1 atom stereocenters. The first-order valence-electron chi connectivity index (χ1n) is 6.05. The smallest absolute Gasteiger partial charge is 0.349 e. The third-order valence-corrected chi connectivity index (χ3v) is 3.52. The van der Waals surface area contributed by atoms with Crippen LogP contribution in [0.25, 0.3) is 0 Å². The Morgan fingerprint density at radius 3 is 2.75 bits per heavy atom. The number of aromatic nitrogens is 2. The molecule has 10 heteroatoms. The highest BCUT2D eigenvalue weighted by atomic mass is 32.1. The van der Waals surface area contributed by atoms with Crippen LogP contribution in [-0.2, 0) is 0 Å². The molecule has 2 heterocycles. The maximum absolute atomic E-state index is 13.1. The highest BCUT2D eigenvalue weighted by molar-refractivity contribution is 7.03. The molecule has 1 amide bonds. The van der Waals surface area contributed by atoms with Crippen LogP contribution in [0.15, 0.2) is 5.38 Å². The molecular weight excluding hydrogens is 295 g/mol. The number of rotatable bonds is 4. The second kappa shape index (κ2) is 6.46. The number of alkyl halides is 3. The number of amides is 1. The largest absolute Gasteiger partial charge is 0.405 e. The molecular formula is C10H14F3N5OS. The molecule has 6 nitrogen and oxygen atoms in total. The molecule has 1 aromatic heterocycles. The minimum Gasteiger partial charge on any atom is -0.349 e. The van der Waals surface area contributed by atoms with E-state index < -0.39 is 24.7 Å². The third kappa shape index (κ3) is 3.87.